The number of ketones is 1. The molecule has 0 aliphatic heterocycles. The van der Waals surface area contributed by atoms with Gasteiger partial charge in [-0.15, -0.1) is 6.58 Å². The van der Waals surface area contributed by atoms with Crippen molar-refractivity contribution in [1.29, 1.82) is 0 Å². The highest BCUT2D eigenvalue weighted by molar-refractivity contribution is 5.93. The van der Waals surface area contributed by atoms with Crippen LogP contribution in [0.5, 0.6) is 0 Å². The Hall–Kier alpha value is -1.15. The third-order valence-corrected chi connectivity index (χ3v) is 7.54. The minimum Gasteiger partial charge on any atom is -0.389 e. The van der Waals surface area contributed by atoms with Gasteiger partial charge in [0.15, 0.2) is 5.78 Å². The minimum atomic E-state index is -0.561. The molecule has 4 rings (SSSR count). The first kappa shape index (κ1) is 15.4. The Labute approximate surface area is 139 Å². The maximum Gasteiger partial charge on any atom is 0.156 e. The monoisotopic (exact) mass is 312 g/mol. The minimum absolute atomic E-state index is 0.0294. The molecule has 4 atom stereocenters. The second kappa shape index (κ2) is 5.17. The molecule has 124 valence electrons. The van der Waals surface area contributed by atoms with Gasteiger partial charge in [0, 0.05) is 11.8 Å². The highest BCUT2D eigenvalue weighted by atomic mass is 16.3. The Morgan fingerprint density at radius 1 is 1.26 bits per heavy atom. The van der Waals surface area contributed by atoms with Crippen LogP contribution < -0.4 is 0 Å². The van der Waals surface area contributed by atoms with Crippen LogP contribution in [0.25, 0.3) is 0 Å². The summed E-state index contributed by atoms with van der Waals surface area (Å²) < 4.78 is 0. The SMILES string of the molecule is C=CC[C@]1(O)CC[C@H]2[C@@H]3CCC4=CC(=O)CCC4=C3CC[C@@]21C. The van der Waals surface area contributed by atoms with Gasteiger partial charge in [-0.3, -0.25) is 4.79 Å². The number of hydrogen-bond acceptors (Lipinski definition) is 2. The summed E-state index contributed by atoms with van der Waals surface area (Å²) in [5, 5.41) is 11.3. The van der Waals surface area contributed by atoms with E-state index in [-0.39, 0.29) is 5.41 Å². The molecule has 0 amide bonds. The molecule has 2 fully saturated rings. The van der Waals surface area contributed by atoms with Crippen molar-refractivity contribution in [2.75, 3.05) is 0 Å². The predicted octanol–water partition coefficient (Wildman–Crippen LogP) is 4.50. The van der Waals surface area contributed by atoms with Crippen molar-refractivity contribution in [3.05, 3.63) is 35.5 Å². The van der Waals surface area contributed by atoms with Gasteiger partial charge in [-0.1, -0.05) is 18.6 Å². The van der Waals surface area contributed by atoms with Crippen molar-refractivity contribution in [1.82, 2.24) is 0 Å². The molecule has 2 heteroatoms. The summed E-state index contributed by atoms with van der Waals surface area (Å²) in [6.07, 6.45) is 12.7. The summed E-state index contributed by atoms with van der Waals surface area (Å²) in [6.45, 7) is 6.20. The van der Waals surface area contributed by atoms with Crippen LogP contribution >= 0.6 is 0 Å². The number of carbonyl (C=O) groups excluding carboxylic acids is 1. The molecule has 0 saturated heterocycles. The van der Waals surface area contributed by atoms with Gasteiger partial charge in [0.05, 0.1) is 5.60 Å². The van der Waals surface area contributed by atoms with Crippen LogP contribution in [0.2, 0.25) is 0 Å². The average Bonchev–Trinajstić information content (AvgIpc) is 2.79. The van der Waals surface area contributed by atoms with Gasteiger partial charge in [0.2, 0.25) is 0 Å². The molecule has 0 heterocycles. The molecule has 0 radical (unpaired) electrons. The second-order valence-corrected chi connectivity index (χ2v) is 8.37. The lowest BCUT2D eigenvalue weighted by atomic mass is 9.54. The molecule has 4 aliphatic carbocycles. The maximum atomic E-state index is 11.7. The van der Waals surface area contributed by atoms with Crippen molar-refractivity contribution < 1.29 is 9.90 Å². The van der Waals surface area contributed by atoms with Gasteiger partial charge in [0.1, 0.15) is 0 Å². The van der Waals surface area contributed by atoms with Gasteiger partial charge >= 0.3 is 0 Å². The van der Waals surface area contributed by atoms with Crippen LogP contribution in [-0.4, -0.2) is 16.5 Å². The first-order valence-corrected chi connectivity index (χ1v) is 9.27. The van der Waals surface area contributed by atoms with E-state index in [2.05, 4.69) is 13.5 Å². The summed E-state index contributed by atoms with van der Waals surface area (Å²) in [6, 6.07) is 0. The third kappa shape index (κ3) is 2.07. The maximum absolute atomic E-state index is 11.7. The van der Waals surface area contributed by atoms with Gasteiger partial charge in [-0.2, -0.15) is 0 Å². The Morgan fingerprint density at radius 3 is 2.87 bits per heavy atom. The van der Waals surface area contributed by atoms with Gasteiger partial charge < -0.3 is 5.11 Å². The van der Waals surface area contributed by atoms with Crippen molar-refractivity contribution in [3.63, 3.8) is 0 Å². The normalized spacial score (nSPS) is 42.7. The second-order valence-electron chi connectivity index (χ2n) is 8.37. The molecule has 0 bridgehead atoms. The van der Waals surface area contributed by atoms with E-state index in [4.69, 9.17) is 0 Å². The zero-order valence-corrected chi connectivity index (χ0v) is 14.2. The van der Waals surface area contributed by atoms with E-state index in [1.807, 2.05) is 12.2 Å². The molecule has 0 unspecified atom stereocenters. The van der Waals surface area contributed by atoms with E-state index in [1.54, 1.807) is 5.57 Å². The summed E-state index contributed by atoms with van der Waals surface area (Å²) in [4.78, 5) is 11.7. The largest absolute Gasteiger partial charge is 0.389 e. The fourth-order valence-electron chi connectivity index (χ4n) is 6.22. The third-order valence-electron chi connectivity index (χ3n) is 7.54. The van der Waals surface area contributed by atoms with E-state index in [1.165, 1.54) is 17.6 Å². The number of aliphatic hydroxyl groups is 1. The summed E-state index contributed by atoms with van der Waals surface area (Å²) >= 11 is 0. The lowest BCUT2D eigenvalue weighted by molar-refractivity contribution is -0.114. The molecule has 0 aromatic rings. The molecule has 0 aromatic carbocycles. The van der Waals surface area contributed by atoms with Crippen LogP contribution in [0, 0.1) is 17.3 Å². The molecular formula is C21H28O2. The standard InChI is InChI=1S/C21H28O2/c1-3-10-21(23)12-9-19-18-6-4-14-13-15(22)5-7-16(14)17(18)8-11-20(19,21)2/h3,13,18-19,23H,1,4-12H2,2H3/t18-,19+,20+,21+/m1/s1. The fraction of sp³-hybridized carbons (Fsp3) is 0.667. The Kier molecular flexibility index (Phi) is 3.46. The molecule has 2 saturated carbocycles. The lowest BCUT2D eigenvalue weighted by Crippen LogP contribution is -2.49. The number of allylic oxidation sites excluding steroid dienone is 4. The molecule has 1 N–H and O–H groups in total. The highest BCUT2D eigenvalue weighted by Gasteiger charge is 2.60. The van der Waals surface area contributed by atoms with Crippen molar-refractivity contribution in [2.45, 2.75) is 70.3 Å². The first-order chi connectivity index (χ1) is 11.0. The molecule has 0 aromatic heterocycles. The van der Waals surface area contributed by atoms with Crippen LogP contribution in [0.1, 0.15) is 64.7 Å². The number of hydrogen-bond donors (Lipinski definition) is 1. The van der Waals surface area contributed by atoms with E-state index < -0.39 is 5.60 Å². The summed E-state index contributed by atoms with van der Waals surface area (Å²) in [7, 11) is 0. The molecular weight excluding hydrogens is 284 g/mol. The zero-order chi connectivity index (χ0) is 16.2. The van der Waals surface area contributed by atoms with Crippen LogP contribution in [-0.2, 0) is 4.79 Å². The summed E-state index contributed by atoms with van der Waals surface area (Å²) in [5.41, 5.74) is 3.95. The van der Waals surface area contributed by atoms with Gasteiger partial charge in [0.25, 0.3) is 0 Å². The van der Waals surface area contributed by atoms with E-state index in [0.29, 0.717) is 24.0 Å². The van der Waals surface area contributed by atoms with Crippen LogP contribution in [0.4, 0.5) is 0 Å². The quantitative estimate of drug-likeness (QED) is 0.762. The van der Waals surface area contributed by atoms with Crippen LogP contribution in [0.15, 0.2) is 35.5 Å². The van der Waals surface area contributed by atoms with Crippen molar-refractivity contribution in [3.8, 4) is 0 Å². The van der Waals surface area contributed by atoms with E-state index in [9.17, 15) is 9.90 Å². The van der Waals surface area contributed by atoms with Gasteiger partial charge in [-0.05, 0) is 80.4 Å². The fourth-order valence-corrected chi connectivity index (χ4v) is 6.22. The number of rotatable bonds is 2. The molecule has 4 aliphatic rings. The number of carbonyl (C=O) groups is 1. The molecule has 0 spiro atoms. The Morgan fingerprint density at radius 2 is 2.09 bits per heavy atom. The lowest BCUT2D eigenvalue weighted by Gasteiger charge is -2.51. The Bertz CT molecular complexity index is 626. The van der Waals surface area contributed by atoms with Crippen molar-refractivity contribution >= 4 is 5.78 Å². The summed E-state index contributed by atoms with van der Waals surface area (Å²) in [5.74, 6) is 1.54. The average molecular weight is 312 g/mol. The highest BCUT2D eigenvalue weighted by Crippen LogP contribution is 2.64. The smallest absolute Gasteiger partial charge is 0.156 e. The van der Waals surface area contributed by atoms with Crippen LogP contribution in [0.3, 0.4) is 0 Å². The molecule has 2 nitrogen and oxygen atoms in total. The van der Waals surface area contributed by atoms with Gasteiger partial charge in [-0.25, -0.2) is 0 Å². The van der Waals surface area contributed by atoms with Crippen molar-refractivity contribution in [2.24, 2.45) is 17.3 Å². The first-order valence-electron chi connectivity index (χ1n) is 9.27. The van der Waals surface area contributed by atoms with E-state index >= 15 is 0 Å². The predicted molar refractivity (Wildman–Crippen MR) is 91.9 cm³/mol. The zero-order valence-electron chi connectivity index (χ0n) is 14.2. The van der Waals surface area contributed by atoms with E-state index in [0.717, 1.165) is 44.9 Å². The topological polar surface area (TPSA) is 37.3 Å². The Balaban J connectivity index is 1.71. The number of fused-ring (bicyclic) bond motifs is 4. The molecule has 23 heavy (non-hydrogen) atoms.